The molecule has 4 rings (SSSR count). The van der Waals surface area contributed by atoms with Gasteiger partial charge in [-0.1, -0.05) is 25.3 Å². The van der Waals surface area contributed by atoms with Crippen molar-refractivity contribution in [1.29, 1.82) is 0 Å². The molecule has 2 aromatic heterocycles. The van der Waals surface area contributed by atoms with Crippen LogP contribution in [0.1, 0.15) is 53.8 Å². The third kappa shape index (κ3) is 2.76. The number of fused-ring (bicyclic) bond motifs is 1. The molecule has 1 aliphatic carbocycles. The van der Waals surface area contributed by atoms with Gasteiger partial charge in [-0.2, -0.15) is 0 Å². The normalized spacial score (nSPS) is 22.4. The van der Waals surface area contributed by atoms with Crippen molar-refractivity contribution in [3.05, 3.63) is 38.3 Å². The third-order valence-electron chi connectivity index (χ3n) is 4.61. The number of nitrogens with zero attached hydrogens (tertiary/aromatic N) is 1. The van der Waals surface area contributed by atoms with E-state index in [0.29, 0.717) is 17.1 Å². The van der Waals surface area contributed by atoms with Crippen molar-refractivity contribution in [2.45, 2.75) is 43.4 Å². The summed E-state index contributed by atoms with van der Waals surface area (Å²) in [6.45, 7) is 0. The Hall–Kier alpha value is -1.47. The van der Waals surface area contributed by atoms with Gasteiger partial charge in [0.05, 0.1) is 22.6 Å². The zero-order chi connectivity index (χ0) is 15.8. The van der Waals surface area contributed by atoms with Crippen molar-refractivity contribution in [1.82, 2.24) is 9.78 Å². The van der Waals surface area contributed by atoms with Crippen LogP contribution in [-0.2, 0) is 4.79 Å². The van der Waals surface area contributed by atoms with Crippen molar-refractivity contribution >= 4 is 34.8 Å². The fourth-order valence-electron chi connectivity index (χ4n) is 3.52. The number of aromatic amines is 1. The van der Waals surface area contributed by atoms with Crippen LogP contribution >= 0.6 is 23.1 Å². The molecule has 0 aromatic carbocycles. The number of hydrogen-bond acceptors (Lipinski definition) is 4. The predicted molar refractivity (Wildman–Crippen MR) is 94.4 cm³/mol. The Morgan fingerprint density at radius 1 is 1.17 bits per heavy atom. The fourth-order valence-corrected chi connectivity index (χ4v) is 5.62. The molecule has 5 nitrogen and oxygen atoms in total. The summed E-state index contributed by atoms with van der Waals surface area (Å²) in [5, 5.41) is 7.92. The number of nitrogens with one attached hydrogen (secondary N) is 2. The van der Waals surface area contributed by atoms with Gasteiger partial charge < -0.3 is 5.32 Å². The minimum atomic E-state index is -0.0717. The molecule has 23 heavy (non-hydrogen) atoms. The van der Waals surface area contributed by atoms with E-state index >= 15 is 0 Å². The third-order valence-corrected chi connectivity index (χ3v) is 6.94. The van der Waals surface area contributed by atoms with E-state index in [2.05, 4.69) is 10.4 Å². The number of H-pyrrole nitrogens is 1. The van der Waals surface area contributed by atoms with Crippen LogP contribution < -0.4 is 10.9 Å². The lowest BCUT2D eigenvalue weighted by molar-refractivity contribution is -0.113. The highest BCUT2D eigenvalue weighted by molar-refractivity contribution is 8.00. The molecule has 1 amide bonds. The molecule has 0 saturated heterocycles. The van der Waals surface area contributed by atoms with Gasteiger partial charge >= 0.3 is 0 Å². The van der Waals surface area contributed by atoms with E-state index in [1.54, 1.807) is 11.3 Å². The van der Waals surface area contributed by atoms with Crippen LogP contribution in [0.2, 0.25) is 0 Å². The maximum atomic E-state index is 12.7. The van der Waals surface area contributed by atoms with Gasteiger partial charge in [0.25, 0.3) is 5.56 Å². The van der Waals surface area contributed by atoms with Gasteiger partial charge in [0, 0.05) is 4.88 Å². The Balaban J connectivity index is 1.82. The lowest BCUT2D eigenvalue weighted by Crippen LogP contribution is -2.21. The lowest BCUT2D eigenvalue weighted by atomic mass is 9.95. The second kappa shape index (κ2) is 6.20. The molecule has 1 atom stereocenters. The van der Waals surface area contributed by atoms with Crippen molar-refractivity contribution in [2.75, 3.05) is 11.1 Å². The number of anilines is 1. The van der Waals surface area contributed by atoms with Gasteiger partial charge in [-0.25, -0.2) is 0 Å². The van der Waals surface area contributed by atoms with Gasteiger partial charge in [0.1, 0.15) is 5.82 Å². The number of rotatable bonds is 2. The molecule has 2 aromatic rings. The van der Waals surface area contributed by atoms with Crippen molar-refractivity contribution in [2.24, 2.45) is 0 Å². The second-order valence-electron chi connectivity index (χ2n) is 6.12. The Morgan fingerprint density at radius 2 is 2.00 bits per heavy atom. The maximum absolute atomic E-state index is 12.7. The van der Waals surface area contributed by atoms with Crippen LogP contribution in [0.15, 0.2) is 22.3 Å². The predicted octanol–water partition coefficient (Wildman–Crippen LogP) is 3.52. The van der Waals surface area contributed by atoms with Crippen LogP contribution in [0.25, 0.3) is 0 Å². The number of carbonyl (C=O) groups excluding carboxylic acids is 1. The fraction of sp³-hybridized carbons (Fsp3) is 0.500. The summed E-state index contributed by atoms with van der Waals surface area (Å²) in [5.41, 5.74) is 0.632. The Kier molecular flexibility index (Phi) is 4.07. The SMILES string of the molecule is O=C1CS[C@H](c2cccs2)c2c(n(C3CCCCC3)[nH]c2=O)N1. The standard InChI is InChI=1S/C16H19N3O2S2/c20-12-9-23-14(11-7-4-8-22-11)13-15(17-12)19(18-16(13)21)10-5-2-1-3-6-10/h4,7-8,10,14H,1-3,5-6,9H2,(H,17,20)(H,18,21)/t14-/m1/s1. The molecule has 3 heterocycles. The summed E-state index contributed by atoms with van der Waals surface area (Å²) in [6.07, 6.45) is 5.73. The molecule has 1 fully saturated rings. The van der Waals surface area contributed by atoms with Gasteiger partial charge in [0.15, 0.2) is 0 Å². The summed E-state index contributed by atoms with van der Waals surface area (Å²) < 4.78 is 1.93. The Bertz CT molecular complexity index is 757. The van der Waals surface area contributed by atoms with Crippen molar-refractivity contribution in [3.63, 3.8) is 0 Å². The van der Waals surface area contributed by atoms with Crippen molar-refractivity contribution in [3.8, 4) is 0 Å². The van der Waals surface area contributed by atoms with Gasteiger partial charge in [-0.15, -0.1) is 23.1 Å². The highest BCUT2D eigenvalue weighted by atomic mass is 32.2. The van der Waals surface area contributed by atoms with Crippen LogP contribution in [0.4, 0.5) is 5.82 Å². The lowest BCUT2D eigenvalue weighted by Gasteiger charge is -2.24. The molecular formula is C16H19N3O2S2. The summed E-state index contributed by atoms with van der Waals surface area (Å²) in [6, 6.07) is 4.32. The minimum Gasteiger partial charge on any atom is -0.310 e. The molecule has 0 bridgehead atoms. The largest absolute Gasteiger partial charge is 0.310 e. The summed E-state index contributed by atoms with van der Waals surface area (Å²) in [7, 11) is 0. The molecule has 0 radical (unpaired) electrons. The zero-order valence-electron chi connectivity index (χ0n) is 12.7. The summed E-state index contributed by atoms with van der Waals surface area (Å²) in [4.78, 5) is 25.9. The van der Waals surface area contributed by atoms with Gasteiger partial charge in [0.2, 0.25) is 5.91 Å². The van der Waals surface area contributed by atoms with Gasteiger partial charge in [-0.05, 0) is 24.3 Å². The first-order valence-electron chi connectivity index (χ1n) is 8.03. The van der Waals surface area contributed by atoms with Crippen LogP contribution in [0.5, 0.6) is 0 Å². The second-order valence-corrected chi connectivity index (χ2v) is 8.19. The Morgan fingerprint density at radius 3 is 2.74 bits per heavy atom. The monoisotopic (exact) mass is 349 g/mol. The molecular weight excluding hydrogens is 330 g/mol. The smallest absolute Gasteiger partial charge is 0.271 e. The number of thiophene rings is 1. The average Bonchev–Trinajstić information content (AvgIpc) is 3.15. The number of thioether (sulfide) groups is 1. The van der Waals surface area contributed by atoms with Crippen LogP contribution in [-0.4, -0.2) is 21.4 Å². The van der Waals surface area contributed by atoms with Crippen LogP contribution in [0.3, 0.4) is 0 Å². The highest BCUT2D eigenvalue weighted by Crippen LogP contribution is 2.42. The molecule has 1 aliphatic heterocycles. The first kappa shape index (κ1) is 15.1. The first-order valence-corrected chi connectivity index (χ1v) is 9.96. The molecule has 122 valence electrons. The van der Waals surface area contributed by atoms with Crippen LogP contribution in [0, 0.1) is 0 Å². The summed E-state index contributed by atoms with van der Waals surface area (Å²) >= 11 is 3.17. The minimum absolute atomic E-state index is 0.0288. The topological polar surface area (TPSA) is 66.9 Å². The molecule has 2 N–H and O–H groups in total. The molecule has 2 aliphatic rings. The highest BCUT2D eigenvalue weighted by Gasteiger charge is 2.32. The van der Waals surface area contributed by atoms with E-state index in [4.69, 9.17) is 0 Å². The summed E-state index contributed by atoms with van der Waals surface area (Å²) in [5.74, 6) is 1.04. The molecule has 0 unspecified atom stereocenters. The molecule has 0 spiro atoms. The van der Waals surface area contributed by atoms with E-state index in [-0.39, 0.29) is 22.8 Å². The first-order chi connectivity index (χ1) is 11.2. The van der Waals surface area contributed by atoms with Crippen molar-refractivity contribution < 1.29 is 4.79 Å². The number of amides is 1. The van der Waals surface area contributed by atoms with Gasteiger partial charge in [-0.3, -0.25) is 19.4 Å². The van der Waals surface area contributed by atoms with E-state index in [9.17, 15) is 9.59 Å². The number of carbonyl (C=O) groups is 1. The van der Waals surface area contributed by atoms with E-state index in [1.807, 2.05) is 22.2 Å². The maximum Gasteiger partial charge on any atom is 0.271 e. The number of hydrogen-bond donors (Lipinski definition) is 2. The van der Waals surface area contributed by atoms with E-state index in [1.165, 1.54) is 31.0 Å². The number of aromatic nitrogens is 2. The average molecular weight is 349 g/mol. The molecule has 7 heteroatoms. The molecule has 1 saturated carbocycles. The van der Waals surface area contributed by atoms with E-state index in [0.717, 1.165) is 17.7 Å². The quantitative estimate of drug-likeness (QED) is 0.872. The van der Waals surface area contributed by atoms with E-state index < -0.39 is 0 Å². The zero-order valence-corrected chi connectivity index (χ0v) is 14.3. The Labute approximate surface area is 142 Å².